The number of hydrogen-bond donors (Lipinski definition) is 1. The molecule has 1 aliphatic rings. The molecule has 0 spiro atoms. The van der Waals surface area contributed by atoms with Crippen LogP contribution >= 0.6 is 0 Å². The van der Waals surface area contributed by atoms with Gasteiger partial charge < -0.3 is 5.32 Å². The van der Waals surface area contributed by atoms with Gasteiger partial charge in [-0.15, -0.1) is 0 Å². The van der Waals surface area contributed by atoms with Gasteiger partial charge >= 0.3 is 0 Å². The van der Waals surface area contributed by atoms with Gasteiger partial charge in [0.25, 0.3) is 0 Å². The molecule has 3 nitrogen and oxygen atoms in total. The van der Waals surface area contributed by atoms with Gasteiger partial charge in [-0.1, -0.05) is 13.8 Å². The second-order valence-electron chi connectivity index (χ2n) is 4.52. The van der Waals surface area contributed by atoms with Crippen LogP contribution in [0.2, 0.25) is 0 Å². The molecule has 2 unspecified atom stereocenters. The summed E-state index contributed by atoms with van der Waals surface area (Å²) >= 11 is 0. The van der Waals surface area contributed by atoms with E-state index in [0.29, 0.717) is 11.8 Å². The van der Waals surface area contributed by atoms with Gasteiger partial charge in [-0.05, 0) is 31.1 Å². The van der Waals surface area contributed by atoms with Crippen molar-refractivity contribution in [2.75, 3.05) is 0 Å². The summed E-state index contributed by atoms with van der Waals surface area (Å²) in [6.45, 7) is 4.44. The van der Waals surface area contributed by atoms with Crippen molar-refractivity contribution in [2.24, 2.45) is 11.8 Å². The standard InChI is InChI=1S/C11H18N2O/c1-8-5-9(2)7-10(6-8)13-11(14)3-4-12/h8-10H,3,5-7H2,1-2H3,(H,13,14). The van der Waals surface area contributed by atoms with E-state index in [1.807, 2.05) is 6.07 Å². The van der Waals surface area contributed by atoms with Gasteiger partial charge in [0.1, 0.15) is 6.42 Å². The Morgan fingerprint density at radius 2 is 1.93 bits per heavy atom. The first kappa shape index (κ1) is 11.0. The second kappa shape index (κ2) is 4.99. The fraction of sp³-hybridized carbons (Fsp3) is 0.818. The summed E-state index contributed by atoms with van der Waals surface area (Å²) in [6.07, 6.45) is 3.35. The Bertz CT molecular complexity index is 234. The fourth-order valence-corrected chi connectivity index (χ4v) is 2.42. The molecule has 1 rings (SSSR count). The van der Waals surface area contributed by atoms with Crippen molar-refractivity contribution < 1.29 is 4.79 Å². The number of carbonyl (C=O) groups excluding carboxylic acids is 1. The van der Waals surface area contributed by atoms with Gasteiger partial charge in [-0.2, -0.15) is 5.26 Å². The third-order valence-corrected chi connectivity index (χ3v) is 2.78. The third-order valence-electron chi connectivity index (χ3n) is 2.78. The van der Waals surface area contributed by atoms with E-state index in [1.54, 1.807) is 0 Å². The van der Waals surface area contributed by atoms with E-state index in [9.17, 15) is 4.79 Å². The number of hydrogen-bond acceptors (Lipinski definition) is 2. The average molecular weight is 194 g/mol. The smallest absolute Gasteiger partial charge is 0.234 e. The molecular formula is C11H18N2O. The summed E-state index contributed by atoms with van der Waals surface area (Å²) in [5, 5.41) is 11.3. The second-order valence-corrected chi connectivity index (χ2v) is 4.52. The number of rotatable bonds is 2. The van der Waals surface area contributed by atoms with Crippen molar-refractivity contribution >= 4 is 5.91 Å². The van der Waals surface area contributed by atoms with Crippen LogP contribution in [0.15, 0.2) is 0 Å². The first-order valence-corrected chi connectivity index (χ1v) is 5.28. The molecule has 0 aromatic rings. The predicted molar refractivity (Wildman–Crippen MR) is 54.3 cm³/mol. The van der Waals surface area contributed by atoms with E-state index in [0.717, 1.165) is 12.8 Å². The first-order valence-electron chi connectivity index (χ1n) is 5.28. The molecule has 0 bridgehead atoms. The van der Waals surface area contributed by atoms with Gasteiger partial charge in [0, 0.05) is 6.04 Å². The van der Waals surface area contributed by atoms with E-state index >= 15 is 0 Å². The van der Waals surface area contributed by atoms with Crippen LogP contribution in [0.5, 0.6) is 0 Å². The summed E-state index contributed by atoms with van der Waals surface area (Å²) in [5.41, 5.74) is 0. The molecule has 2 atom stereocenters. The SMILES string of the molecule is CC1CC(C)CC(NC(=O)CC#N)C1. The highest BCUT2D eigenvalue weighted by Gasteiger charge is 2.24. The molecule has 14 heavy (non-hydrogen) atoms. The van der Waals surface area contributed by atoms with Crippen molar-refractivity contribution in [3.05, 3.63) is 0 Å². The number of nitrogens with zero attached hydrogens (tertiary/aromatic N) is 1. The normalized spacial score (nSPS) is 31.9. The van der Waals surface area contributed by atoms with Crippen LogP contribution in [-0.2, 0) is 4.79 Å². The molecule has 1 N–H and O–H groups in total. The Kier molecular flexibility index (Phi) is 3.94. The summed E-state index contributed by atoms with van der Waals surface area (Å²) in [6, 6.07) is 2.15. The number of nitrogens with one attached hydrogen (secondary N) is 1. The Morgan fingerprint density at radius 1 is 1.36 bits per heavy atom. The number of nitriles is 1. The zero-order valence-corrected chi connectivity index (χ0v) is 8.92. The van der Waals surface area contributed by atoms with Crippen LogP contribution in [0.25, 0.3) is 0 Å². The zero-order valence-electron chi connectivity index (χ0n) is 8.92. The van der Waals surface area contributed by atoms with Crippen LogP contribution in [0.4, 0.5) is 0 Å². The molecule has 3 heteroatoms. The van der Waals surface area contributed by atoms with E-state index in [1.165, 1.54) is 6.42 Å². The molecule has 0 radical (unpaired) electrons. The van der Waals surface area contributed by atoms with Gasteiger partial charge in [-0.25, -0.2) is 0 Å². The largest absolute Gasteiger partial charge is 0.352 e. The molecule has 1 amide bonds. The van der Waals surface area contributed by atoms with Gasteiger partial charge in [0.15, 0.2) is 0 Å². The minimum Gasteiger partial charge on any atom is -0.352 e. The first-order chi connectivity index (χ1) is 6.61. The highest BCUT2D eigenvalue weighted by Crippen LogP contribution is 2.28. The van der Waals surface area contributed by atoms with E-state index in [2.05, 4.69) is 19.2 Å². The lowest BCUT2D eigenvalue weighted by atomic mass is 9.80. The van der Waals surface area contributed by atoms with Crippen molar-refractivity contribution in [1.82, 2.24) is 5.32 Å². The van der Waals surface area contributed by atoms with Crippen molar-refractivity contribution in [3.63, 3.8) is 0 Å². The minimum absolute atomic E-state index is 0.0146. The maximum atomic E-state index is 11.2. The fourth-order valence-electron chi connectivity index (χ4n) is 2.42. The van der Waals surface area contributed by atoms with Gasteiger partial charge in [0.2, 0.25) is 5.91 Å². The molecule has 0 aromatic heterocycles. The Hall–Kier alpha value is -1.04. The van der Waals surface area contributed by atoms with Crippen molar-refractivity contribution in [1.29, 1.82) is 5.26 Å². The molecule has 0 heterocycles. The molecule has 1 aliphatic carbocycles. The topological polar surface area (TPSA) is 52.9 Å². The lowest BCUT2D eigenvalue weighted by Gasteiger charge is -2.31. The van der Waals surface area contributed by atoms with Crippen LogP contribution in [-0.4, -0.2) is 11.9 Å². The third kappa shape index (κ3) is 3.37. The average Bonchev–Trinajstić information content (AvgIpc) is 2.01. The van der Waals surface area contributed by atoms with Crippen LogP contribution in [0.1, 0.15) is 39.5 Å². The summed E-state index contributed by atoms with van der Waals surface area (Å²) in [4.78, 5) is 11.2. The molecule has 1 fully saturated rings. The Morgan fingerprint density at radius 3 is 2.43 bits per heavy atom. The van der Waals surface area contributed by atoms with Gasteiger partial charge in [0.05, 0.1) is 6.07 Å². The van der Waals surface area contributed by atoms with E-state index in [4.69, 9.17) is 5.26 Å². The van der Waals surface area contributed by atoms with E-state index < -0.39 is 0 Å². The Labute approximate surface area is 85.5 Å². The molecule has 0 aromatic carbocycles. The maximum Gasteiger partial charge on any atom is 0.234 e. The highest BCUT2D eigenvalue weighted by molar-refractivity contribution is 5.78. The molecule has 78 valence electrons. The Balaban J connectivity index is 2.37. The summed E-state index contributed by atoms with van der Waals surface area (Å²) in [7, 11) is 0. The van der Waals surface area contributed by atoms with E-state index in [-0.39, 0.29) is 18.4 Å². The summed E-state index contributed by atoms with van der Waals surface area (Å²) < 4.78 is 0. The monoisotopic (exact) mass is 194 g/mol. The van der Waals surface area contributed by atoms with Gasteiger partial charge in [-0.3, -0.25) is 4.79 Å². The van der Waals surface area contributed by atoms with Crippen LogP contribution in [0.3, 0.4) is 0 Å². The molecular weight excluding hydrogens is 176 g/mol. The van der Waals surface area contributed by atoms with Crippen LogP contribution < -0.4 is 5.32 Å². The molecule has 0 aliphatic heterocycles. The predicted octanol–water partition coefficient (Wildman–Crippen LogP) is 1.84. The lowest BCUT2D eigenvalue weighted by molar-refractivity contribution is -0.121. The molecule has 1 saturated carbocycles. The summed E-state index contributed by atoms with van der Waals surface area (Å²) in [5.74, 6) is 1.25. The zero-order chi connectivity index (χ0) is 10.6. The lowest BCUT2D eigenvalue weighted by Crippen LogP contribution is -2.39. The number of amides is 1. The van der Waals surface area contributed by atoms with Crippen molar-refractivity contribution in [2.45, 2.75) is 45.6 Å². The quantitative estimate of drug-likeness (QED) is 0.729. The van der Waals surface area contributed by atoms with Crippen molar-refractivity contribution in [3.8, 4) is 6.07 Å². The molecule has 0 saturated heterocycles. The minimum atomic E-state index is -0.126. The number of carbonyl (C=O) groups is 1. The van der Waals surface area contributed by atoms with Crippen LogP contribution in [0, 0.1) is 23.2 Å². The highest BCUT2D eigenvalue weighted by atomic mass is 16.1. The maximum absolute atomic E-state index is 11.2.